The first-order chi connectivity index (χ1) is 16.6. The largest absolute Gasteiger partial charge is 0.390 e. The molecule has 3 heterocycles. The van der Waals surface area contributed by atoms with E-state index in [9.17, 15) is 9.50 Å². The molecule has 0 bridgehead atoms. The van der Waals surface area contributed by atoms with Gasteiger partial charge in [-0.25, -0.2) is 14.4 Å². The molecular weight excluding hydrogens is 466 g/mol. The molecule has 1 fully saturated rings. The molecule has 4 aromatic rings. The van der Waals surface area contributed by atoms with E-state index in [0.717, 1.165) is 18.5 Å². The Morgan fingerprint density at radius 3 is 2.51 bits per heavy atom. The van der Waals surface area contributed by atoms with Gasteiger partial charge < -0.3 is 9.63 Å². The van der Waals surface area contributed by atoms with Gasteiger partial charge in [-0.3, -0.25) is 4.68 Å². The van der Waals surface area contributed by atoms with Gasteiger partial charge in [0.15, 0.2) is 11.6 Å². The summed E-state index contributed by atoms with van der Waals surface area (Å²) in [6.45, 7) is 3.27. The molecule has 1 aliphatic carbocycles. The number of hydrogen-bond acceptors (Lipinski definition) is 6. The van der Waals surface area contributed by atoms with Crippen LogP contribution >= 0.6 is 11.6 Å². The van der Waals surface area contributed by atoms with E-state index in [1.807, 2.05) is 0 Å². The predicted octanol–water partition coefficient (Wildman–Crippen LogP) is 4.44. The Labute approximate surface area is 209 Å². The van der Waals surface area contributed by atoms with E-state index in [0.29, 0.717) is 16.9 Å². The maximum atomic E-state index is 14.9. The summed E-state index contributed by atoms with van der Waals surface area (Å²) < 4.78 is 22.2. The number of rotatable bonds is 7. The van der Waals surface area contributed by atoms with Crippen molar-refractivity contribution in [1.82, 2.24) is 24.9 Å². The summed E-state index contributed by atoms with van der Waals surface area (Å²) >= 11 is 6.36. The highest BCUT2D eigenvalue weighted by Crippen LogP contribution is 2.49. The smallest absolute Gasteiger partial charge is 0.181 e. The Morgan fingerprint density at radius 2 is 1.89 bits per heavy atom. The quantitative estimate of drug-likeness (QED) is 0.388. The van der Waals surface area contributed by atoms with Crippen LogP contribution in [0.4, 0.5) is 4.39 Å². The zero-order valence-corrected chi connectivity index (χ0v) is 20.0. The van der Waals surface area contributed by atoms with Gasteiger partial charge in [0.25, 0.3) is 0 Å². The van der Waals surface area contributed by atoms with Gasteiger partial charge in [-0.2, -0.15) is 5.10 Å². The molecule has 7 nitrogen and oxygen atoms in total. The van der Waals surface area contributed by atoms with E-state index in [4.69, 9.17) is 31.8 Å². The summed E-state index contributed by atoms with van der Waals surface area (Å²) in [5.74, 6) is 0.172. The Balaban J connectivity index is 1.74. The van der Waals surface area contributed by atoms with Crippen LogP contribution in [0.3, 0.4) is 0 Å². The molecule has 3 aromatic heterocycles. The number of aromatic nitrogens is 5. The van der Waals surface area contributed by atoms with E-state index in [1.54, 1.807) is 44.6 Å². The lowest BCUT2D eigenvalue weighted by Crippen LogP contribution is -2.43. The highest BCUT2D eigenvalue weighted by atomic mass is 35.5. The van der Waals surface area contributed by atoms with Crippen molar-refractivity contribution in [1.29, 1.82) is 0 Å². The second kappa shape index (κ2) is 8.60. The zero-order valence-electron chi connectivity index (χ0n) is 19.2. The molecule has 174 valence electrons. The third-order valence-electron chi connectivity index (χ3n) is 5.81. The predicted molar refractivity (Wildman–Crippen MR) is 132 cm³/mol. The minimum Gasteiger partial charge on any atom is -0.390 e. The molecule has 0 unspecified atom stereocenters. The first-order valence-electron chi connectivity index (χ1n) is 11.2. The zero-order chi connectivity index (χ0) is 25.0. The second-order valence-corrected chi connectivity index (χ2v) is 9.92. The third-order valence-corrected chi connectivity index (χ3v) is 6.12. The van der Waals surface area contributed by atoms with Crippen LogP contribution in [0.2, 0.25) is 5.02 Å². The van der Waals surface area contributed by atoms with Crippen LogP contribution in [0.1, 0.15) is 44.7 Å². The fraction of sp³-hybridized carbons (Fsp3) is 0.333. The summed E-state index contributed by atoms with van der Waals surface area (Å²) in [5, 5.41) is 17.8. The molecule has 0 spiro atoms. The highest BCUT2D eigenvalue weighted by Gasteiger charge is 2.39. The first-order valence-corrected chi connectivity index (χ1v) is 11.5. The molecule has 0 amide bonds. The molecule has 11 heteroatoms. The third kappa shape index (κ3) is 4.52. The number of hydrogen-bond donors (Lipinski definition) is 1. The van der Waals surface area contributed by atoms with Gasteiger partial charge in [0.1, 0.15) is 11.5 Å². The first kappa shape index (κ1) is 23.8. The lowest BCUT2D eigenvalue weighted by atomic mass is 9.57. The van der Waals surface area contributed by atoms with Gasteiger partial charge >= 0.3 is 0 Å². The minimum atomic E-state index is -1.46. The van der Waals surface area contributed by atoms with Gasteiger partial charge in [0.05, 0.1) is 54.9 Å². The van der Waals surface area contributed by atoms with Gasteiger partial charge in [-0.15, -0.1) is 0 Å². The number of aliphatic hydroxyl groups is 1. The standard InChI is InChI=1S/C24H21B2ClFN5O2/c1-23(2,34)12-24(25,26)33-20(13-7-8-13)14(11-31-33)21-18(22-29-9-4-10-30-22)19(32-35-21)17-15(27)5-3-6-16(17)28/h3-6,9-11,13,34H,7-8,12H2,1-2H3. The molecular formula is C24H21B2ClFN5O2. The lowest BCUT2D eigenvalue weighted by molar-refractivity contribution is 0.0568. The van der Waals surface area contributed by atoms with Crippen molar-refractivity contribution >= 4 is 27.3 Å². The van der Waals surface area contributed by atoms with Crippen LogP contribution in [-0.2, 0) is 5.34 Å². The minimum absolute atomic E-state index is 0.0575. The van der Waals surface area contributed by atoms with E-state index in [2.05, 4.69) is 20.2 Å². The average molecular weight is 488 g/mol. The van der Waals surface area contributed by atoms with Crippen molar-refractivity contribution < 1.29 is 14.0 Å². The Bertz CT molecular complexity index is 1360. The molecule has 0 atom stereocenters. The molecule has 1 N–H and O–H groups in total. The summed E-state index contributed by atoms with van der Waals surface area (Å²) in [7, 11) is 12.9. The molecule has 1 aromatic carbocycles. The SMILES string of the molecule is [B]C([B])(CC(C)(C)O)n1ncc(-c2onc(-c3c(F)cccc3Cl)c2-c2ncccn2)c1C1CC1. The van der Waals surface area contributed by atoms with Crippen molar-refractivity contribution in [2.45, 2.75) is 50.0 Å². The van der Waals surface area contributed by atoms with Crippen molar-refractivity contribution in [3.63, 3.8) is 0 Å². The van der Waals surface area contributed by atoms with Crippen LogP contribution in [0, 0.1) is 5.82 Å². The fourth-order valence-electron chi connectivity index (χ4n) is 4.39. The molecule has 0 aliphatic heterocycles. The molecule has 1 aliphatic rings. The Hall–Kier alpha value is -2.97. The van der Waals surface area contributed by atoms with Crippen molar-refractivity contribution in [2.75, 3.05) is 0 Å². The van der Waals surface area contributed by atoms with E-state index in [-0.39, 0.29) is 34.4 Å². The molecule has 5 rings (SSSR count). The van der Waals surface area contributed by atoms with Gasteiger partial charge in [0, 0.05) is 18.3 Å². The summed E-state index contributed by atoms with van der Waals surface area (Å²) in [5.41, 5.74) is 0.852. The number of benzene rings is 1. The van der Waals surface area contributed by atoms with Crippen molar-refractivity contribution in [3.8, 4) is 34.0 Å². The van der Waals surface area contributed by atoms with Crippen LogP contribution < -0.4 is 0 Å². The van der Waals surface area contributed by atoms with Gasteiger partial charge in [-0.1, -0.05) is 22.8 Å². The second-order valence-electron chi connectivity index (χ2n) is 9.51. The maximum absolute atomic E-state index is 14.9. The van der Waals surface area contributed by atoms with E-state index < -0.39 is 16.8 Å². The summed E-state index contributed by atoms with van der Waals surface area (Å²) in [6, 6.07) is 6.06. The summed E-state index contributed by atoms with van der Waals surface area (Å²) in [6.07, 6.45) is 6.62. The van der Waals surface area contributed by atoms with Gasteiger partial charge in [0.2, 0.25) is 0 Å². The van der Waals surface area contributed by atoms with Crippen LogP contribution in [0.15, 0.2) is 47.4 Å². The van der Waals surface area contributed by atoms with Gasteiger partial charge in [-0.05, 0) is 56.6 Å². The van der Waals surface area contributed by atoms with Crippen LogP contribution in [0.25, 0.3) is 34.0 Å². The average Bonchev–Trinajstić information content (AvgIpc) is 3.36. The lowest BCUT2D eigenvalue weighted by Gasteiger charge is -2.34. The van der Waals surface area contributed by atoms with E-state index in [1.165, 1.54) is 16.8 Å². The molecule has 0 saturated heterocycles. The summed E-state index contributed by atoms with van der Waals surface area (Å²) in [4.78, 5) is 8.72. The molecule has 4 radical (unpaired) electrons. The van der Waals surface area contributed by atoms with Crippen molar-refractivity contribution in [3.05, 3.63) is 59.4 Å². The van der Waals surface area contributed by atoms with Crippen LogP contribution in [0.5, 0.6) is 0 Å². The fourth-order valence-corrected chi connectivity index (χ4v) is 4.64. The number of halogens is 2. The molecule has 35 heavy (non-hydrogen) atoms. The maximum Gasteiger partial charge on any atom is 0.181 e. The Morgan fingerprint density at radius 1 is 1.17 bits per heavy atom. The highest BCUT2D eigenvalue weighted by molar-refractivity contribution is 6.37. The topological polar surface area (TPSA) is 89.9 Å². The molecule has 1 saturated carbocycles. The van der Waals surface area contributed by atoms with Crippen LogP contribution in [-0.4, -0.2) is 51.3 Å². The van der Waals surface area contributed by atoms with E-state index >= 15 is 0 Å². The Kier molecular flexibility index (Phi) is 5.84. The number of nitrogens with zero attached hydrogens (tertiary/aromatic N) is 5. The normalized spacial score (nSPS) is 14.4. The van der Waals surface area contributed by atoms with Crippen molar-refractivity contribution in [2.24, 2.45) is 0 Å². The monoisotopic (exact) mass is 487 g/mol.